The Morgan fingerprint density at radius 3 is 2.36 bits per heavy atom. The third-order valence-electron chi connectivity index (χ3n) is 4.92. The minimum atomic E-state index is -3.75. The molecule has 0 saturated carbocycles. The van der Waals surface area contributed by atoms with Crippen molar-refractivity contribution in [2.75, 3.05) is 16.6 Å². The van der Waals surface area contributed by atoms with E-state index in [1.54, 1.807) is 41.8 Å². The Morgan fingerprint density at radius 1 is 0.972 bits per heavy atom. The number of benzene rings is 3. The maximum Gasteiger partial charge on any atom is 0.263 e. The molecule has 1 amide bonds. The van der Waals surface area contributed by atoms with Gasteiger partial charge in [-0.15, -0.1) is 11.3 Å². The molecule has 36 heavy (non-hydrogen) atoms. The Hall–Kier alpha value is -3.80. The summed E-state index contributed by atoms with van der Waals surface area (Å²) in [6.45, 7) is 0.532. The molecular formula is C25H22N4O4S3. The lowest BCUT2D eigenvalue weighted by Gasteiger charge is -2.11. The number of nitrogens with zero attached hydrogens (tertiary/aromatic N) is 1. The Labute approximate surface area is 218 Å². The van der Waals surface area contributed by atoms with Crippen molar-refractivity contribution >= 4 is 55.4 Å². The number of anilines is 2. The smallest absolute Gasteiger partial charge is 0.263 e. The van der Waals surface area contributed by atoms with E-state index in [0.717, 1.165) is 6.42 Å². The summed E-state index contributed by atoms with van der Waals surface area (Å²) in [7, 11) is -3.75. The Morgan fingerprint density at radius 2 is 1.69 bits per heavy atom. The lowest BCUT2D eigenvalue weighted by atomic mass is 10.2. The maximum atomic E-state index is 12.5. The quantitative estimate of drug-likeness (QED) is 0.265. The number of thiocarbonyl (C=S) groups is 1. The van der Waals surface area contributed by atoms with Gasteiger partial charge in [0.05, 0.1) is 11.5 Å². The van der Waals surface area contributed by atoms with Crippen molar-refractivity contribution in [3.8, 4) is 5.75 Å². The zero-order valence-corrected chi connectivity index (χ0v) is 21.3. The van der Waals surface area contributed by atoms with Crippen LogP contribution in [0.5, 0.6) is 5.75 Å². The first-order chi connectivity index (χ1) is 17.4. The van der Waals surface area contributed by atoms with E-state index in [1.165, 1.54) is 35.2 Å². The van der Waals surface area contributed by atoms with E-state index in [0.29, 0.717) is 23.6 Å². The molecule has 0 bridgehead atoms. The van der Waals surface area contributed by atoms with E-state index < -0.39 is 10.0 Å². The predicted molar refractivity (Wildman–Crippen MR) is 145 cm³/mol. The number of carbonyl (C=O) groups is 1. The first-order valence-corrected chi connectivity index (χ1v) is 13.6. The molecule has 11 heteroatoms. The van der Waals surface area contributed by atoms with Crippen LogP contribution >= 0.6 is 23.6 Å². The zero-order valence-electron chi connectivity index (χ0n) is 18.9. The zero-order chi connectivity index (χ0) is 25.4. The maximum absolute atomic E-state index is 12.5. The average molecular weight is 539 g/mol. The van der Waals surface area contributed by atoms with Gasteiger partial charge in [0.2, 0.25) is 0 Å². The number of nitrogens with one attached hydrogen (secondary N) is 3. The fourth-order valence-electron chi connectivity index (χ4n) is 3.14. The topological polar surface area (TPSA) is 109 Å². The van der Waals surface area contributed by atoms with Crippen LogP contribution in [0.2, 0.25) is 0 Å². The van der Waals surface area contributed by atoms with Crippen molar-refractivity contribution in [1.82, 2.24) is 10.3 Å². The van der Waals surface area contributed by atoms with Crippen molar-refractivity contribution in [2.45, 2.75) is 11.3 Å². The molecule has 0 atom stereocenters. The highest BCUT2D eigenvalue weighted by Crippen LogP contribution is 2.19. The summed E-state index contributed by atoms with van der Waals surface area (Å²) in [6.07, 6.45) is 2.30. The molecule has 0 aliphatic carbocycles. The molecule has 1 heterocycles. The van der Waals surface area contributed by atoms with Crippen LogP contribution < -0.4 is 20.1 Å². The second-order valence-corrected chi connectivity index (χ2v) is 10.5. The molecule has 3 aromatic carbocycles. The minimum Gasteiger partial charge on any atom is -0.493 e. The van der Waals surface area contributed by atoms with Crippen LogP contribution in [-0.2, 0) is 16.4 Å². The third-order valence-corrected chi connectivity index (χ3v) is 7.30. The van der Waals surface area contributed by atoms with Gasteiger partial charge in [-0.25, -0.2) is 13.4 Å². The first kappa shape index (κ1) is 25.3. The second kappa shape index (κ2) is 11.8. The van der Waals surface area contributed by atoms with Crippen LogP contribution in [0.1, 0.15) is 15.9 Å². The van der Waals surface area contributed by atoms with Crippen molar-refractivity contribution in [3.05, 3.63) is 102 Å². The molecule has 4 aromatic rings. The first-order valence-electron chi connectivity index (χ1n) is 10.8. The Balaban J connectivity index is 1.26. The van der Waals surface area contributed by atoms with Gasteiger partial charge in [-0.1, -0.05) is 30.3 Å². The summed E-state index contributed by atoms with van der Waals surface area (Å²) >= 11 is 6.40. The molecule has 0 unspecified atom stereocenters. The highest BCUT2D eigenvalue weighted by Gasteiger charge is 2.15. The summed E-state index contributed by atoms with van der Waals surface area (Å²) in [4.78, 5) is 16.5. The van der Waals surface area contributed by atoms with Crippen molar-refractivity contribution < 1.29 is 17.9 Å². The molecule has 0 saturated heterocycles. The molecule has 0 radical (unpaired) electrons. The van der Waals surface area contributed by atoms with E-state index in [-0.39, 0.29) is 21.0 Å². The van der Waals surface area contributed by atoms with E-state index in [4.69, 9.17) is 17.0 Å². The monoisotopic (exact) mass is 538 g/mol. The standard InChI is InChI=1S/C25H22N4O4S3/c30-23(19-6-10-21(11-7-19)33-16-14-18-4-2-1-3-5-18)28-24(34)27-20-8-12-22(13-9-20)36(31,32)29-25-26-15-17-35-25/h1-13,15,17H,14,16H2,(H,26,29)(H2,27,28,30,34). The number of thiazole rings is 1. The van der Waals surface area contributed by atoms with E-state index >= 15 is 0 Å². The number of hydrogen-bond donors (Lipinski definition) is 3. The average Bonchev–Trinajstić information content (AvgIpc) is 3.38. The van der Waals surface area contributed by atoms with Crippen molar-refractivity contribution in [1.29, 1.82) is 0 Å². The molecule has 3 N–H and O–H groups in total. The number of aromatic nitrogens is 1. The summed E-state index contributed by atoms with van der Waals surface area (Å²) in [5.74, 6) is 0.290. The molecule has 4 rings (SSSR count). The highest BCUT2D eigenvalue weighted by atomic mass is 32.2. The van der Waals surface area contributed by atoms with Gasteiger partial charge >= 0.3 is 0 Å². The molecule has 184 valence electrons. The van der Waals surface area contributed by atoms with Gasteiger partial charge in [-0.3, -0.25) is 14.8 Å². The van der Waals surface area contributed by atoms with Gasteiger partial charge in [0.15, 0.2) is 10.2 Å². The van der Waals surface area contributed by atoms with Crippen molar-refractivity contribution in [2.24, 2.45) is 0 Å². The summed E-state index contributed by atoms with van der Waals surface area (Å²) < 4.78 is 33.0. The fourth-order valence-corrected chi connectivity index (χ4v) is 5.14. The molecule has 1 aromatic heterocycles. The van der Waals surface area contributed by atoms with Gasteiger partial charge in [-0.2, -0.15) is 0 Å². The number of ether oxygens (including phenoxy) is 1. The van der Waals surface area contributed by atoms with E-state index in [2.05, 4.69) is 20.3 Å². The van der Waals surface area contributed by atoms with Gasteiger partial charge < -0.3 is 10.1 Å². The minimum absolute atomic E-state index is 0.0734. The molecule has 0 aliphatic rings. The number of hydrogen-bond acceptors (Lipinski definition) is 7. The normalized spacial score (nSPS) is 10.9. The lowest BCUT2D eigenvalue weighted by molar-refractivity contribution is 0.0977. The molecular weight excluding hydrogens is 517 g/mol. The lowest BCUT2D eigenvalue weighted by Crippen LogP contribution is -2.34. The Bertz CT molecular complexity index is 1410. The van der Waals surface area contributed by atoms with Crippen LogP contribution in [0.15, 0.2) is 95.3 Å². The number of sulfonamides is 1. The highest BCUT2D eigenvalue weighted by molar-refractivity contribution is 7.93. The van der Waals surface area contributed by atoms with Crippen LogP contribution in [0.25, 0.3) is 0 Å². The largest absolute Gasteiger partial charge is 0.493 e. The SMILES string of the molecule is O=C(NC(=S)Nc1ccc(S(=O)(=O)Nc2nccs2)cc1)c1ccc(OCCc2ccccc2)cc1. The number of amides is 1. The van der Waals surface area contributed by atoms with Crippen LogP contribution in [-0.4, -0.2) is 31.0 Å². The van der Waals surface area contributed by atoms with Gasteiger partial charge in [-0.05, 0) is 66.3 Å². The van der Waals surface area contributed by atoms with Crippen molar-refractivity contribution in [3.63, 3.8) is 0 Å². The molecule has 8 nitrogen and oxygen atoms in total. The second-order valence-electron chi connectivity index (χ2n) is 7.48. The van der Waals surface area contributed by atoms with Gasteiger partial charge in [0.25, 0.3) is 15.9 Å². The summed E-state index contributed by atoms with van der Waals surface area (Å²) in [5, 5.41) is 7.52. The number of carbonyl (C=O) groups excluding carboxylic acids is 1. The number of rotatable bonds is 9. The fraction of sp³-hybridized carbons (Fsp3) is 0.0800. The summed E-state index contributed by atoms with van der Waals surface area (Å²) in [6, 6.07) is 22.8. The molecule has 0 spiro atoms. The van der Waals surface area contributed by atoms with Crippen LogP contribution in [0.4, 0.5) is 10.8 Å². The van der Waals surface area contributed by atoms with Crippen LogP contribution in [0.3, 0.4) is 0 Å². The third kappa shape index (κ3) is 7.11. The predicted octanol–water partition coefficient (Wildman–Crippen LogP) is 4.69. The van der Waals surface area contributed by atoms with Gasteiger partial charge in [0, 0.05) is 29.2 Å². The van der Waals surface area contributed by atoms with Crippen LogP contribution in [0, 0.1) is 0 Å². The molecule has 0 aliphatic heterocycles. The van der Waals surface area contributed by atoms with E-state index in [1.807, 2.05) is 30.3 Å². The Kier molecular flexibility index (Phi) is 8.26. The van der Waals surface area contributed by atoms with E-state index in [9.17, 15) is 13.2 Å². The van der Waals surface area contributed by atoms with Gasteiger partial charge in [0.1, 0.15) is 5.75 Å². The summed E-state index contributed by atoms with van der Waals surface area (Å²) in [5.41, 5.74) is 2.14. The molecule has 0 fully saturated rings.